The molecule has 5 nitrogen and oxygen atoms in total. The Hall–Kier alpha value is -1.91. The molecule has 0 aliphatic rings. The molecular formula is C13H19N5. The van der Waals surface area contributed by atoms with E-state index in [2.05, 4.69) is 38.9 Å². The summed E-state index contributed by atoms with van der Waals surface area (Å²) in [5.41, 5.74) is 2.08. The average Bonchev–Trinajstić information content (AvgIpc) is 2.93. The van der Waals surface area contributed by atoms with Gasteiger partial charge in [0.15, 0.2) is 0 Å². The lowest BCUT2D eigenvalue weighted by atomic mass is 10.2. The largest absolute Gasteiger partial charge is 0.385 e. The third kappa shape index (κ3) is 3.55. The van der Waals surface area contributed by atoms with Gasteiger partial charge in [-0.3, -0.25) is 0 Å². The van der Waals surface area contributed by atoms with Crippen LogP contribution in [-0.2, 0) is 0 Å². The molecule has 18 heavy (non-hydrogen) atoms. The summed E-state index contributed by atoms with van der Waals surface area (Å²) in [5.74, 6) is 0.629. The highest BCUT2D eigenvalue weighted by Crippen LogP contribution is 2.18. The standard InChI is InChI=1S/C13H19N5/c1-2-3-4-5-9-14-12-8-6-7-11(10-12)13-15-17-18-16-13/h6-8,10,14H,2-5,9H2,1H3,(H,15,16,17,18). The molecule has 1 heterocycles. The maximum Gasteiger partial charge on any atom is 0.204 e. The molecule has 96 valence electrons. The van der Waals surface area contributed by atoms with Crippen molar-refractivity contribution in [1.29, 1.82) is 0 Å². The molecule has 5 heteroatoms. The van der Waals surface area contributed by atoms with Gasteiger partial charge in [-0.05, 0) is 23.8 Å². The van der Waals surface area contributed by atoms with E-state index < -0.39 is 0 Å². The molecule has 0 spiro atoms. The van der Waals surface area contributed by atoms with E-state index in [0.29, 0.717) is 5.82 Å². The first-order valence-corrected chi connectivity index (χ1v) is 6.48. The van der Waals surface area contributed by atoms with Crippen molar-refractivity contribution in [3.8, 4) is 11.4 Å². The summed E-state index contributed by atoms with van der Waals surface area (Å²) >= 11 is 0. The van der Waals surface area contributed by atoms with Crippen molar-refractivity contribution in [2.24, 2.45) is 0 Å². The third-order valence-electron chi connectivity index (χ3n) is 2.83. The first-order chi connectivity index (χ1) is 8.90. The molecule has 0 fully saturated rings. The Morgan fingerprint density at radius 3 is 2.94 bits per heavy atom. The molecule has 0 aliphatic heterocycles. The van der Waals surface area contributed by atoms with Crippen molar-refractivity contribution in [2.75, 3.05) is 11.9 Å². The number of hydrogen-bond donors (Lipinski definition) is 2. The zero-order valence-electron chi connectivity index (χ0n) is 10.7. The predicted octanol–water partition coefficient (Wildman–Crippen LogP) is 2.86. The zero-order valence-corrected chi connectivity index (χ0v) is 10.7. The van der Waals surface area contributed by atoms with Gasteiger partial charge in [-0.25, -0.2) is 0 Å². The van der Waals surface area contributed by atoms with Crippen molar-refractivity contribution in [3.05, 3.63) is 24.3 Å². The van der Waals surface area contributed by atoms with Crippen LogP contribution in [0.1, 0.15) is 32.6 Å². The maximum absolute atomic E-state index is 3.97. The number of benzene rings is 1. The van der Waals surface area contributed by atoms with E-state index in [0.717, 1.165) is 17.8 Å². The number of nitrogens with zero attached hydrogens (tertiary/aromatic N) is 3. The molecule has 0 bridgehead atoms. The number of aromatic amines is 1. The van der Waals surface area contributed by atoms with Crippen molar-refractivity contribution in [1.82, 2.24) is 20.6 Å². The number of hydrogen-bond acceptors (Lipinski definition) is 4. The maximum atomic E-state index is 3.97. The topological polar surface area (TPSA) is 66.5 Å². The van der Waals surface area contributed by atoms with Gasteiger partial charge in [-0.2, -0.15) is 5.21 Å². The number of unbranched alkanes of at least 4 members (excludes halogenated alkanes) is 3. The average molecular weight is 245 g/mol. The minimum Gasteiger partial charge on any atom is -0.385 e. The van der Waals surface area contributed by atoms with Gasteiger partial charge >= 0.3 is 0 Å². The van der Waals surface area contributed by atoms with Crippen LogP contribution in [0.4, 0.5) is 5.69 Å². The SMILES string of the molecule is CCCCCCNc1cccc(-c2nn[nH]n2)c1. The Morgan fingerprint density at radius 2 is 2.17 bits per heavy atom. The van der Waals surface area contributed by atoms with Gasteiger partial charge in [0.05, 0.1) is 0 Å². The number of tetrazole rings is 1. The van der Waals surface area contributed by atoms with Crippen LogP contribution in [0, 0.1) is 0 Å². The fourth-order valence-electron chi connectivity index (χ4n) is 1.84. The van der Waals surface area contributed by atoms with Gasteiger partial charge in [0.1, 0.15) is 0 Å². The molecule has 0 radical (unpaired) electrons. The highest BCUT2D eigenvalue weighted by Gasteiger charge is 2.02. The van der Waals surface area contributed by atoms with Gasteiger partial charge in [0.2, 0.25) is 5.82 Å². The van der Waals surface area contributed by atoms with Crippen molar-refractivity contribution in [3.63, 3.8) is 0 Å². The van der Waals surface area contributed by atoms with Crippen molar-refractivity contribution in [2.45, 2.75) is 32.6 Å². The molecule has 0 unspecified atom stereocenters. The molecule has 0 aliphatic carbocycles. The van der Waals surface area contributed by atoms with E-state index in [1.165, 1.54) is 25.7 Å². The van der Waals surface area contributed by atoms with Crippen LogP contribution < -0.4 is 5.32 Å². The zero-order chi connectivity index (χ0) is 12.6. The molecule has 2 rings (SSSR count). The summed E-state index contributed by atoms with van der Waals surface area (Å²) in [6.45, 7) is 3.23. The summed E-state index contributed by atoms with van der Waals surface area (Å²) in [4.78, 5) is 0. The van der Waals surface area contributed by atoms with Crippen LogP contribution in [0.15, 0.2) is 24.3 Å². The normalized spacial score (nSPS) is 10.5. The van der Waals surface area contributed by atoms with Gasteiger partial charge in [0, 0.05) is 17.8 Å². The van der Waals surface area contributed by atoms with Crippen LogP contribution in [0.3, 0.4) is 0 Å². The Morgan fingerprint density at radius 1 is 1.22 bits per heavy atom. The van der Waals surface area contributed by atoms with Gasteiger partial charge in [-0.1, -0.05) is 38.3 Å². The molecule has 2 aromatic rings. The second-order valence-corrected chi connectivity index (χ2v) is 4.30. The van der Waals surface area contributed by atoms with E-state index in [4.69, 9.17) is 0 Å². The fraction of sp³-hybridized carbons (Fsp3) is 0.462. The molecular weight excluding hydrogens is 226 g/mol. The van der Waals surface area contributed by atoms with E-state index >= 15 is 0 Å². The smallest absolute Gasteiger partial charge is 0.204 e. The van der Waals surface area contributed by atoms with Gasteiger partial charge in [-0.15, -0.1) is 10.2 Å². The first kappa shape index (κ1) is 12.5. The minimum absolute atomic E-state index is 0.629. The number of rotatable bonds is 7. The molecule has 1 aromatic carbocycles. The number of nitrogens with one attached hydrogen (secondary N) is 2. The lowest BCUT2D eigenvalue weighted by Gasteiger charge is -2.06. The van der Waals surface area contributed by atoms with Gasteiger partial charge in [0.25, 0.3) is 0 Å². The molecule has 0 amide bonds. The number of H-pyrrole nitrogens is 1. The monoisotopic (exact) mass is 245 g/mol. The third-order valence-corrected chi connectivity index (χ3v) is 2.83. The lowest BCUT2D eigenvalue weighted by Crippen LogP contribution is -2.01. The number of anilines is 1. The summed E-state index contributed by atoms with van der Waals surface area (Å²) in [6.07, 6.45) is 5.08. The summed E-state index contributed by atoms with van der Waals surface area (Å²) in [7, 11) is 0. The van der Waals surface area contributed by atoms with E-state index in [-0.39, 0.29) is 0 Å². The van der Waals surface area contributed by atoms with Crippen LogP contribution in [0.5, 0.6) is 0 Å². The summed E-state index contributed by atoms with van der Waals surface area (Å²) < 4.78 is 0. The van der Waals surface area contributed by atoms with Crippen molar-refractivity contribution >= 4 is 5.69 Å². The molecule has 2 N–H and O–H groups in total. The van der Waals surface area contributed by atoms with Crippen LogP contribution in [0.25, 0.3) is 11.4 Å². The highest BCUT2D eigenvalue weighted by molar-refractivity contribution is 5.61. The predicted molar refractivity (Wildman–Crippen MR) is 72.2 cm³/mol. The molecule has 0 saturated heterocycles. The summed E-state index contributed by atoms with van der Waals surface area (Å²) in [5, 5.41) is 17.4. The fourth-order valence-corrected chi connectivity index (χ4v) is 1.84. The Bertz CT molecular complexity index is 452. The molecule has 0 saturated carbocycles. The Kier molecular flexibility index (Phi) is 4.69. The number of aromatic nitrogens is 4. The molecule has 0 atom stereocenters. The van der Waals surface area contributed by atoms with E-state index in [1.807, 2.05) is 18.2 Å². The first-order valence-electron chi connectivity index (χ1n) is 6.48. The van der Waals surface area contributed by atoms with Crippen LogP contribution >= 0.6 is 0 Å². The van der Waals surface area contributed by atoms with Crippen LogP contribution in [0.2, 0.25) is 0 Å². The lowest BCUT2D eigenvalue weighted by molar-refractivity contribution is 0.685. The van der Waals surface area contributed by atoms with Crippen LogP contribution in [-0.4, -0.2) is 27.2 Å². The second kappa shape index (κ2) is 6.74. The van der Waals surface area contributed by atoms with Gasteiger partial charge < -0.3 is 5.32 Å². The van der Waals surface area contributed by atoms with E-state index in [9.17, 15) is 0 Å². The minimum atomic E-state index is 0.629. The summed E-state index contributed by atoms with van der Waals surface area (Å²) in [6, 6.07) is 8.08. The highest BCUT2D eigenvalue weighted by atomic mass is 15.5. The Balaban J connectivity index is 1.88. The van der Waals surface area contributed by atoms with Crippen molar-refractivity contribution < 1.29 is 0 Å². The second-order valence-electron chi connectivity index (χ2n) is 4.30. The quantitative estimate of drug-likeness (QED) is 0.736. The van der Waals surface area contributed by atoms with E-state index in [1.54, 1.807) is 0 Å². The Labute approximate surface area is 107 Å². The molecule has 1 aromatic heterocycles.